The van der Waals surface area contributed by atoms with Gasteiger partial charge in [0.05, 0.1) is 29.4 Å². The van der Waals surface area contributed by atoms with E-state index < -0.39 is 23.4 Å². The summed E-state index contributed by atoms with van der Waals surface area (Å²) in [6.45, 7) is 9.11. The van der Waals surface area contributed by atoms with E-state index in [4.69, 9.17) is 9.47 Å². The lowest BCUT2D eigenvalue weighted by molar-refractivity contribution is -0.384. The molecule has 0 aliphatic rings. The molecule has 8 heteroatoms. The van der Waals surface area contributed by atoms with Crippen LogP contribution >= 0.6 is 0 Å². The zero-order chi connectivity index (χ0) is 21.9. The fourth-order valence-electron chi connectivity index (χ4n) is 3.09. The van der Waals surface area contributed by atoms with Crippen LogP contribution in [0.2, 0.25) is 0 Å². The van der Waals surface area contributed by atoms with Gasteiger partial charge >= 0.3 is 5.97 Å². The highest BCUT2D eigenvalue weighted by atomic mass is 16.6. The Morgan fingerprint density at radius 2 is 1.55 bits per heavy atom. The number of hydrogen-bond donors (Lipinski definition) is 1. The van der Waals surface area contributed by atoms with Crippen LogP contribution in [0.3, 0.4) is 0 Å². The lowest BCUT2D eigenvalue weighted by Gasteiger charge is -2.17. The number of amides is 1. The van der Waals surface area contributed by atoms with E-state index in [0.29, 0.717) is 5.56 Å². The molecule has 2 aromatic rings. The van der Waals surface area contributed by atoms with E-state index in [0.717, 1.165) is 27.8 Å². The zero-order valence-electron chi connectivity index (χ0n) is 17.3. The van der Waals surface area contributed by atoms with Crippen molar-refractivity contribution in [3.8, 4) is 5.75 Å². The van der Waals surface area contributed by atoms with E-state index in [1.54, 1.807) is 0 Å². The van der Waals surface area contributed by atoms with Gasteiger partial charge in [0.15, 0.2) is 6.61 Å². The fourth-order valence-corrected chi connectivity index (χ4v) is 3.09. The third kappa shape index (κ3) is 4.53. The van der Waals surface area contributed by atoms with Crippen LogP contribution < -0.4 is 10.1 Å². The van der Waals surface area contributed by atoms with Crippen molar-refractivity contribution in [1.82, 2.24) is 0 Å². The van der Waals surface area contributed by atoms with Crippen LogP contribution in [0.25, 0.3) is 0 Å². The number of esters is 1. The molecular formula is C21H24N2O6. The maximum Gasteiger partial charge on any atom is 0.339 e. The summed E-state index contributed by atoms with van der Waals surface area (Å²) in [5.74, 6) is -1.02. The largest absolute Gasteiger partial charge is 0.494 e. The normalized spacial score (nSPS) is 10.4. The minimum absolute atomic E-state index is 0.135. The van der Waals surface area contributed by atoms with E-state index in [2.05, 4.69) is 5.32 Å². The van der Waals surface area contributed by atoms with Gasteiger partial charge in [-0.15, -0.1) is 0 Å². The van der Waals surface area contributed by atoms with Gasteiger partial charge in [-0.05, 0) is 68.5 Å². The molecule has 0 fully saturated rings. The summed E-state index contributed by atoms with van der Waals surface area (Å²) < 4.78 is 10.3. The van der Waals surface area contributed by atoms with Gasteiger partial charge in [0.1, 0.15) is 5.75 Å². The topological polar surface area (TPSA) is 108 Å². The number of nitro groups is 1. The first-order valence-electron chi connectivity index (χ1n) is 8.94. The highest BCUT2D eigenvalue weighted by molar-refractivity contribution is 5.98. The number of carbonyl (C=O) groups is 2. The molecule has 0 aliphatic carbocycles. The number of carbonyl (C=O) groups excluding carboxylic acids is 2. The molecule has 2 aromatic carbocycles. The summed E-state index contributed by atoms with van der Waals surface area (Å²) in [5.41, 5.74) is 5.35. The monoisotopic (exact) mass is 400 g/mol. The van der Waals surface area contributed by atoms with Crippen LogP contribution in [0.5, 0.6) is 5.75 Å². The highest BCUT2D eigenvalue weighted by Crippen LogP contribution is 2.29. The molecule has 0 aliphatic heterocycles. The first-order valence-corrected chi connectivity index (χ1v) is 8.94. The second-order valence-corrected chi connectivity index (χ2v) is 6.77. The van der Waals surface area contributed by atoms with Gasteiger partial charge in [-0.25, -0.2) is 4.79 Å². The first kappa shape index (κ1) is 21.9. The predicted molar refractivity (Wildman–Crippen MR) is 109 cm³/mol. The maximum absolute atomic E-state index is 12.6. The van der Waals surface area contributed by atoms with E-state index in [1.807, 2.05) is 34.6 Å². The molecular weight excluding hydrogens is 376 g/mol. The Bertz CT molecular complexity index is 968. The Kier molecular flexibility index (Phi) is 6.58. The standard InChI is InChI=1S/C21H24N2O6/c1-11-12(2)14(4)20(15(5)13(11)3)21(25)29-10-19(24)22-17-8-7-16(23(26)27)9-18(17)28-6/h7-9H,10H2,1-6H3,(H,22,24). The Hall–Kier alpha value is -3.42. The molecule has 0 unspecified atom stereocenters. The van der Waals surface area contributed by atoms with Crippen LogP contribution in [0.1, 0.15) is 38.2 Å². The van der Waals surface area contributed by atoms with Crippen LogP contribution in [-0.4, -0.2) is 30.5 Å². The third-order valence-corrected chi connectivity index (χ3v) is 5.21. The Morgan fingerprint density at radius 3 is 2.07 bits per heavy atom. The molecule has 0 bridgehead atoms. The van der Waals surface area contributed by atoms with Gasteiger partial charge in [-0.1, -0.05) is 0 Å². The number of nitrogens with zero attached hydrogens (tertiary/aromatic N) is 1. The third-order valence-electron chi connectivity index (χ3n) is 5.21. The second kappa shape index (κ2) is 8.72. The summed E-state index contributed by atoms with van der Waals surface area (Å²) >= 11 is 0. The van der Waals surface area contributed by atoms with E-state index in [9.17, 15) is 19.7 Å². The van der Waals surface area contributed by atoms with Crippen molar-refractivity contribution >= 4 is 23.3 Å². The number of rotatable bonds is 6. The number of nitro benzene ring substituents is 1. The molecule has 29 heavy (non-hydrogen) atoms. The molecule has 2 rings (SSSR count). The summed E-state index contributed by atoms with van der Waals surface area (Å²) in [6.07, 6.45) is 0. The molecule has 1 amide bonds. The van der Waals surface area contributed by atoms with Crippen LogP contribution in [0, 0.1) is 44.7 Å². The van der Waals surface area contributed by atoms with Gasteiger partial charge in [0, 0.05) is 6.07 Å². The molecule has 0 atom stereocenters. The molecule has 0 saturated heterocycles. The fraction of sp³-hybridized carbons (Fsp3) is 0.333. The summed E-state index contributed by atoms with van der Waals surface area (Å²) in [5, 5.41) is 13.4. The molecule has 0 radical (unpaired) electrons. The summed E-state index contributed by atoms with van der Waals surface area (Å²) in [7, 11) is 1.34. The van der Waals surface area contributed by atoms with Gasteiger partial charge < -0.3 is 14.8 Å². The Morgan fingerprint density at radius 1 is 1.00 bits per heavy atom. The molecule has 0 saturated carbocycles. The summed E-state index contributed by atoms with van der Waals surface area (Å²) in [6, 6.07) is 3.80. The van der Waals surface area contributed by atoms with E-state index in [1.165, 1.54) is 25.3 Å². The molecule has 1 N–H and O–H groups in total. The minimum Gasteiger partial charge on any atom is -0.494 e. The van der Waals surface area contributed by atoms with Crippen molar-refractivity contribution in [3.63, 3.8) is 0 Å². The van der Waals surface area contributed by atoms with Gasteiger partial charge in [0.25, 0.3) is 11.6 Å². The number of non-ortho nitro benzene ring substituents is 1. The average Bonchev–Trinajstić information content (AvgIpc) is 2.69. The molecule has 154 valence electrons. The van der Waals surface area contributed by atoms with Gasteiger partial charge in [0.2, 0.25) is 0 Å². The van der Waals surface area contributed by atoms with Crippen molar-refractivity contribution in [1.29, 1.82) is 0 Å². The highest BCUT2D eigenvalue weighted by Gasteiger charge is 2.21. The van der Waals surface area contributed by atoms with Crippen molar-refractivity contribution in [2.45, 2.75) is 34.6 Å². The molecule has 0 aromatic heterocycles. The van der Waals surface area contributed by atoms with Crippen molar-refractivity contribution in [3.05, 3.63) is 61.7 Å². The Balaban J connectivity index is 2.13. The van der Waals surface area contributed by atoms with Gasteiger partial charge in [-0.3, -0.25) is 14.9 Å². The molecule has 0 spiro atoms. The maximum atomic E-state index is 12.6. The minimum atomic E-state index is -0.582. The molecule has 0 heterocycles. The number of anilines is 1. The van der Waals surface area contributed by atoms with Crippen LogP contribution in [0.15, 0.2) is 18.2 Å². The second-order valence-electron chi connectivity index (χ2n) is 6.77. The van der Waals surface area contributed by atoms with Crippen molar-refractivity contribution in [2.75, 3.05) is 19.0 Å². The number of methoxy groups -OCH3 is 1. The SMILES string of the molecule is COc1cc([N+](=O)[O-])ccc1NC(=O)COC(=O)c1c(C)c(C)c(C)c(C)c1C. The lowest BCUT2D eigenvalue weighted by Crippen LogP contribution is -2.22. The van der Waals surface area contributed by atoms with Crippen molar-refractivity contribution in [2.24, 2.45) is 0 Å². The average molecular weight is 400 g/mol. The van der Waals surface area contributed by atoms with E-state index >= 15 is 0 Å². The summed E-state index contributed by atoms with van der Waals surface area (Å²) in [4.78, 5) is 35.1. The zero-order valence-corrected chi connectivity index (χ0v) is 17.3. The van der Waals surface area contributed by atoms with Crippen LogP contribution in [0.4, 0.5) is 11.4 Å². The van der Waals surface area contributed by atoms with Gasteiger partial charge in [-0.2, -0.15) is 0 Å². The smallest absolute Gasteiger partial charge is 0.339 e. The number of nitrogens with one attached hydrogen (secondary N) is 1. The van der Waals surface area contributed by atoms with Crippen LogP contribution in [-0.2, 0) is 9.53 Å². The Labute approximate surface area is 169 Å². The first-order chi connectivity index (χ1) is 13.6. The van der Waals surface area contributed by atoms with Crippen molar-refractivity contribution < 1.29 is 24.0 Å². The predicted octanol–water partition coefficient (Wildman–Crippen LogP) is 3.94. The molecule has 8 nitrogen and oxygen atoms in total. The number of ether oxygens (including phenoxy) is 2. The number of benzene rings is 2. The lowest BCUT2D eigenvalue weighted by atomic mass is 9.90. The quantitative estimate of drug-likeness (QED) is 0.447. The number of hydrogen-bond acceptors (Lipinski definition) is 6. The van der Waals surface area contributed by atoms with E-state index in [-0.39, 0.29) is 17.1 Å².